The Hall–Kier alpha value is -3.60. The maximum Gasteiger partial charge on any atom is 0.255 e. The van der Waals surface area contributed by atoms with Gasteiger partial charge in [-0.05, 0) is 61.7 Å². The largest absolute Gasteiger partial charge is 0.494 e. The van der Waals surface area contributed by atoms with Crippen LogP contribution in [0.2, 0.25) is 0 Å². The Labute approximate surface area is 177 Å². The summed E-state index contributed by atoms with van der Waals surface area (Å²) in [6.07, 6.45) is 0.743. The van der Waals surface area contributed by atoms with Crippen molar-refractivity contribution in [1.82, 2.24) is 5.32 Å². The summed E-state index contributed by atoms with van der Waals surface area (Å²) in [5, 5.41) is 5.78. The molecule has 0 radical (unpaired) electrons. The Kier molecular flexibility index (Phi) is 7.22. The molecule has 0 unspecified atom stereocenters. The molecule has 2 N–H and O–H groups in total. The molecule has 0 spiro atoms. The van der Waals surface area contributed by atoms with Gasteiger partial charge in [0.15, 0.2) is 0 Å². The number of benzene rings is 3. The lowest BCUT2D eigenvalue weighted by Crippen LogP contribution is -2.27. The summed E-state index contributed by atoms with van der Waals surface area (Å²) in [6.45, 7) is 4.90. The molecule has 30 heavy (non-hydrogen) atoms. The van der Waals surface area contributed by atoms with Gasteiger partial charge in [0.25, 0.3) is 11.8 Å². The van der Waals surface area contributed by atoms with Gasteiger partial charge in [0.05, 0.1) is 17.9 Å². The molecule has 0 saturated carbocycles. The summed E-state index contributed by atoms with van der Waals surface area (Å²) in [6, 6.07) is 22.3. The molecule has 0 aliphatic carbocycles. The van der Waals surface area contributed by atoms with Gasteiger partial charge in [-0.25, -0.2) is 0 Å². The first kappa shape index (κ1) is 21.1. The Morgan fingerprint density at radius 2 is 1.63 bits per heavy atom. The Morgan fingerprint density at radius 1 is 0.900 bits per heavy atom. The second kappa shape index (κ2) is 10.3. The second-order valence-electron chi connectivity index (χ2n) is 6.90. The van der Waals surface area contributed by atoms with E-state index in [0.29, 0.717) is 30.0 Å². The van der Waals surface area contributed by atoms with E-state index in [4.69, 9.17) is 4.74 Å². The van der Waals surface area contributed by atoms with Crippen molar-refractivity contribution in [2.24, 2.45) is 0 Å². The molecule has 0 aromatic heterocycles. The Balaban J connectivity index is 1.66. The zero-order valence-corrected chi connectivity index (χ0v) is 17.3. The minimum absolute atomic E-state index is 0.218. The molecular formula is C25H26N2O3. The lowest BCUT2D eigenvalue weighted by atomic mass is 10.1. The van der Waals surface area contributed by atoms with E-state index in [-0.39, 0.29) is 11.8 Å². The number of carbonyl (C=O) groups is 2. The molecule has 5 heteroatoms. The monoisotopic (exact) mass is 402 g/mol. The Bertz CT molecular complexity index is 1020. The number of carbonyl (C=O) groups excluding carboxylic acids is 2. The highest BCUT2D eigenvalue weighted by atomic mass is 16.5. The topological polar surface area (TPSA) is 67.4 Å². The van der Waals surface area contributed by atoms with Crippen molar-refractivity contribution in [1.29, 1.82) is 0 Å². The van der Waals surface area contributed by atoms with E-state index >= 15 is 0 Å². The second-order valence-corrected chi connectivity index (χ2v) is 6.90. The fourth-order valence-corrected chi connectivity index (χ4v) is 3.15. The third-order valence-electron chi connectivity index (χ3n) is 4.70. The average Bonchev–Trinajstić information content (AvgIpc) is 2.76. The summed E-state index contributed by atoms with van der Waals surface area (Å²) in [5.41, 5.74) is 3.46. The highest BCUT2D eigenvalue weighted by molar-refractivity contribution is 6.09. The summed E-state index contributed by atoms with van der Waals surface area (Å²) < 4.78 is 5.53. The molecule has 3 aromatic rings. The molecule has 0 heterocycles. The first-order chi connectivity index (χ1) is 14.6. The van der Waals surface area contributed by atoms with Crippen molar-refractivity contribution in [3.8, 4) is 5.75 Å². The van der Waals surface area contributed by atoms with Crippen LogP contribution < -0.4 is 15.4 Å². The van der Waals surface area contributed by atoms with E-state index in [1.165, 1.54) is 0 Å². The molecule has 0 fully saturated rings. The standard InChI is InChI=1S/C25H26N2O3/c1-3-30-23-14-13-20(17-18(23)2)24(28)27-22-12-8-7-11-21(22)25(29)26-16-15-19-9-5-4-6-10-19/h4-14,17H,3,15-16H2,1-2H3,(H,26,29)(H,27,28). The molecular weight excluding hydrogens is 376 g/mol. The maximum atomic E-state index is 12.7. The molecule has 3 rings (SSSR count). The van der Waals surface area contributed by atoms with E-state index in [0.717, 1.165) is 23.3 Å². The first-order valence-corrected chi connectivity index (χ1v) is 10.0. The number of hydrogen-bond acceptors (Lipinski definition) is 3. The number of ether oxygens (including phenoxy) is 1. The van der Waals surface area contributed by atoms with E-state index < -0.39 is 0 Å². The average molecular weight is 402 g/mol. The van der Waals surface area contributed by atoms with Crippen molar-refractivity contribution in [3.05, 3.63) is 95.1 Å². The van der Waals surface area contributed by atoms with Crippen LogP contribution in [0.1, 0.15) is 38.8 Å². The zero-order valence-electron chi connectivity index (χ0n) is 17.3. The molecule has 0 aliphatic rings. The number of nitrogens with one attached hydrogen (secondary N) is 2. The van der Waals surface area contributed by atoms with Gasteiger partial charge in [-0.3, -0.25) is 9.59 Å². The summed E-state index contributed by atoms with van der Waals surface area (Å²) in [5.74, 6) is 0.266. The number of hydrogen-bond donors (Lipinski definition) is 2. The van der Waals surface area contributed by atoms with Crippen molar-refractivity contribution >= 4 is 17.5 Å². The molecule has 154 valence electrons. The van der Waals surface area contributed by atoms with E-state index in [9.17, 15) is 9.59 Å². The van der Waals surface area contributed by atoms with Gasteiger partial charge in [0.2, 0.25) is 0 Å². The lowest BCUT2D eigenvalue weighted by Gasteiger charge is -2.13. The van der Waals surface area contributed by atoms with Crippen LogP contribution in [-0.4, -0.2) is 25.0 Å². The van der Waals surface area contributed by atoms with Crippen molar-refractivity contribution in [2.45, 2.75) is 20.3 Å². The fourth-order valence-electron chi connectivity index (χ4n) is 3.15. The first-order valence-electron chi connectivity index (χ1n) is 10.0. The van der Waals surface area contributed by atoms with Gasteiger partial charge in [-0.2, -0.15) is 0 Å². The van der Waals surface area contributed by atoms with Gasteiger partial charge in [0, 0.05) is 12.1 Å². The number of anilines is 1. The van der Waals surface area contributed by atoms with Crippen LogP contribution in [0, 0.1) is 6.92 Å². The third kappa shape index (κ3) is 5.47. The highest BCUT2D eigenvalue weighted by Crippen LogP contribution is 2.21. The van der Waals surface area contributed by atoms with Crippen molar-refractivity contribution in [3.63, 3.8) is 0 Å². The third-order valence-corrected chi connectivity index (χ3v) is 4.70. The van der Waals surface area contributed by atoms with Crippen LogP contribution in [0.25, 0.3) is 0 Å². The number of rotatable bonds is 8. The lowest BCUT2D eigenvalue weighted by molar-refractivity contribution is 0.0955. The zero-order chi connectivity index (χ0) is 21.3. The summed E-state index contributed by atoms with van der Waals surface area (Å²) in [4.78, 5) is 25.4. The summed E-state index contributed by atoms with van der Waals surface area (Å²) >= 11 is 0. The van der Waals surface area contributed by atoms with Gasteiger partial charge < -0.3 is 15.4 Å². The van der Waals surface area contributed by atoms with Gasteiger partial charge in [-0.1, -0.05) is 42.5 Å². The van der Waals surface area contributed by atoms with Crippen LogP contribution in [-0.2, 0) is 6.42 Å². The quantitative estimate of drug-likeness (QED) is 0.578. The van der Waals surface area contributed by atoms with E-state index in [2.05, 4.69) is 10.6 Å². The van der Waals surface area contributed by atoms with Crippen molar-refractivity contribution in [2.75, 3.05) is 18.5 Å². The fraction of sp³-hybridized carbons (Fsp3) is 0.200. The van der Waals surface area contributed by atoms with Crippen LogP contribution in [0.15, 0.2) is 72.8 Å². The number of para-hydroxylation sites is 1. The van der Waals surface area contributed by atoms with Crippen molar-refractivity contribution < 1.29 is 14.3 Å². The van der Waals surface area contributed by atoms with Gasteiger partial charge in [-0.15, -0.1) is 0 Å². The number of amides is 2. The molecule has 0 saturated heterocycles. The van der Waals surface area contributed by atoms with Gasteiger partial charge >= 0.3 is 0 Å². The molecule has 0 atom stereocenters. The molecule has 0 aliphatic heterocycles. The number of aryl methyl sites for hydroxylation is 1. The van der Waals surface area contributed by atoms with E-state index in [1.807, 2.05) is 44.2 Å². The van der Waals surface area contributed by atoms with Crippen LogP contribution in [0.4, 0.5) is 5.69 Å². The highest BCUT2D eigenvalue weighted by Gasteiger charge is 2.14. The summed E-state index contributed by atoms with van der Waals surface area (Å²) in [7, 11) is 0. The predicted octanol–water partition coefficient (Wildman–Crippen LogP) is 4.62. The molecule has 0 bridgehead atoms. The molecule has 3 aromatic carbocycles. The smallest absolute Gasteiger partial charge is 0.255 e. The minimum Gasteiger partial charge on any atom is -0.494 e. The van der Waals surface area contributed by atoms with Crippen LogP contribution in [0.5, 0.6) is 5.75 Å². The predicted molar refractivity (Wildman–Crippen MR) is 119 cm³/mol. The van der Waals surface area contributed by atoms with Crippen LogP contribution >= 0.6 is 0 Å². The molecule has 2 amide bonds. The SMILES string of the molecule is CCOc1ccc(C(=O)Nc2ccccc2C(=O)NCCc2ccccc2)cc1C. The molecule has 5 nitrogen and oxygen atoms in total. The Morgan fingerprint density at radius 3 is 2.37 bits per heavy atom. The maximum absolute atomic E-state index is 12.7. The van der Waals surface area contributed by atoms with Gasteiger partial charge in [0.1, 0.15) is 5.75 Å². The van der Waals surface area contributed by atoms with Crippen LogP contribution in [0.3, 0.4) is 0 Å². The van der Waals surface area contributed by atoms with E-state index in [1.54, 1.807) is 42.5 Å². The minimum atomic E-state index is -0.273. The normalized spacial score (nSPS) is 10.3.